The number of aromatic hydroxyl groups is 2. The Morgan fingerprint density at radius 1 is 1.17 bits per heavy atom. The van der Waals surface area contributed by atoms with E-state index in [1.165, 1.54) is 30.5 Å². The van der Waals surface area contributed by atoms with Gasteiger partial charge >= 0.3 is 5.97 Å². The van der Waals surface area contributed by atoms with Crippen molar-refractivity contribution >= 4 is 35.4 Å². The van der Waals surface area contributed by atoms with E-state index in [1.54, 1.807) is 12.1 Å². The highest BCUT2D eigenvalue weighted by Crippen LogP contribution is 2.30. The van der Waals surface area contributed by atoms with Crippen LogP contribution in [0.25, 0.3) is 0 Å². The number of carboxylic acid groups (broad SMARTS) is 1. The predicted octanol–water partition coefficient (Wildman–Crippen LogP) is 3.52. The summed E-state index contributed by atoms with van der Waals surface area (Å²) < 4.78 is 0. The molecule has 0 aliphatic rings. The molecule has 7 heteroatoms. The van der Waals surface area contributed by atoms with Crippen LogP contribution in [-0.2, 0) is 11.2 Å². The second-order valence-corrected chi connectivity index (χ2v) is 5.67. The first-order chi connectivity index (χ1) is 10.9. The largest absolute Gasteiger partial charge is 0.508 e. The highest BCUT2D eigenvalue weighted by molar-refractivity contribution is 6.36. The number of hydrogen-bond donors (Lipinski definition) is 3. The first-order valence-electron chi connectivity index (χ1n) is 6.58. The lowest BCUT2D eigenvalue weighted by Gasteiger charge is -2.08. The second kappa shape index (κ2) is 7.35. The normalized spacial score (nSPS) is 12.4. The smallest absolute Gasteiger partial charge is 0.328 e. The molecular formula is C16H13Cl2NO4. The van der Waals surface area contributed by atoms with Crippen LogP contribution in [0.2, 0.25) is 10.0 Å². The van der Waals surface area contributed by atoms with E-state index in [-0.39, 0.29) is 28.5 Å². The third-order valence-electron chi connectivity index (χ3n) is 3.10. The summed E-state index contributed by atoms with van der Waals surface area (Å²) in [4.78, 5) is 15.3. The molecule has 0 radical (unpaired) electrons. The van der Waals surface area contributed by atoms with Gasteiger partial charge in [0.05, 0.1) is 5.02 Å². The van der Waals surface area contributed by atoms with Crippen molar-refractivity contribution in [3.05, 3.63) is 57.6 Å². The van der Waals surface area contributed by atoms with Gasteiger partial charge < -0.3 is 15.3 Å². The Balaban J connectivity index is 2.22. The standard InChI is InChI=1S/C16H13Cl2NO4/c17-11-6-10(15(21)13(18)7-11)8-19-14(16(22)23)5-9-1-3-12(20)4-2-9/h1-4,6-8,14,20-21H,5H2,(H,22,23)/t14-/m0/s1. The predicted molar refractivity (Wildman–Crippen MR) is 89.0 cm³/mol. The molecule has 0 fully saturated rings. The number of phenols is 2. The van der Waals surface area contributed by atoms with Crippen molar-refractivity contribution in [1.82, 2.24) is 0 Å². The fourth-order valence-electron chi connectivity index (χ4n) is 1.91. The van der Waals surface area contributed by atoms with Crippen LogP contribution in [0, 0.1) is 0 Å². The fraction of sp³-hybridized carbons (Fsp3) is 0.125. The Kier molecular flexibility index (Phi) is 5.47. The molecule has 2 aromatic rings. The highest BCUT2D eigenvalue weighted by Gasteiger charge is 2.16. The van der Waals surface area contributed by atoms with E-state index < -0.39 is 12.0 Å². The Labute approximate surface area is 142 Å². The lowest BCUT2D eigenvalue weighted by molar-refractivity contribution is -0.138. The SMILES string of the molecule is O=C(O)[C@H](Cc1ccc(O)cc1)N=Cc1cc(Cl)cc(Cl)c1O. The number of carboxylic acids is 1. The molecule has 2 rings (SSSR count). The zero-order valence-corrected chi connectivity index (χ0v) is 13.3. The summed E-state index contributed by atoms with van der Waals surface area (Å²) in [6, 6.07) is 7.95. The zero-order valence-electron chi connectivity index (χ0n) is 11.8. The molecule has 0 heterocycles. The van der Waals surface area contributed by atoms with Gasteiger partial charge in [-0.15, -0.1) is 0 Å². The van der Waals surface area contributed by atoms with Crippen molar-refractivity contribution < 1.29 is 20.1 Å². The van der Waals surface area contributed by atoms with Crippen molar-refractivity contribution in [2.24, 2.45) is 4.99 Å². The number of hydrogen-bond acceptors (Lipinski definition) is 4. The Morgan fingerprint density at radius 2 is 1.83 bits per heavy atom. The summed E-state index contributed by atoms with van der Waals surface area (Å²) in [7, 11) is 0. The molecule has 3 N–H and O–H groups in total. The maximum atomic E-state index is 11.3. The zero-order chi connectivity index (χ0) is 17.0. The van der Waals surface area contributed by atoms with Crippen molar-refractivity contribution in [2.75, 3.05) is 0 Å². The number of aliphatic imine (C=N–C) groups is 1. The van der Waals surface area contributed by atoms with Gasteiger partial charge in [0.25, 0.3) is 0 Å². The summed E-state index contributed by atoms with van der Waals surface area (Å²) in [6.07, 6.45) is 1.37. The van der Waals surface area contributed by atoms with E-state index >= 15 is 0 Å². The molecule has 0 saturated heterocycles. The quantitative estimate of drug-likeness (QED) is 0.717. The van der Waals surface area contributed by atoms with Crippen LogP contribution in [0.5, 0.6) is 11.5 Å². The molecule has 0 bridgehead atoms. The Morgan fingerprint density at radius 3 is 2.43 bits per heavy atom. The van der Waals surface area contributed by atoms with E-state index in [9.17, 15) is 20.1 Å². The summed E-state index contributed by atoms with van der Waals surface area (Å²) in [5.74, 6) is -1.22. The molecule has 0 aliphatic carbocycles. The van der Waals surface area contributed by atoms with Gasteiger partial charge in [0, 0.05) is 23.2 Å². The van der Waals surface area contributed by atoms with E-state index in [1.807, 2.05) is 0 Å². The average molecular weight is 354 g/mol. The first kappa shape index (κ1) is 17.1. The molecule has 1 atom stereocenters. The van der Waals surface area contributed by atoms with E-state index in [0.717, 1.165) is 0 Å². The van der Waals surface area contributed by atoms with Crippen molar-refractivity contribution in [2.45, 2.75) is 12.5 Å². The molecular weight excluding hydrogens is 341 g/mol. The fourth-order valence-corrected chi connectivity index (χ4v) is 2.42. The van der Waals surface area contributed by atoms with Crippen LogP contribution < -0.4 is 0 Å². The lowest BCUT2D eigenvalue weighted by Crippen LogP contribution is -2.20. The molecule has 120 valence electrons. The van der Waals surface area contributed by atoms with Crippen molar-refractivity contribution in [1.29, 1.82) is 0 Å². The lowest BCUT2D eigenvalue weighted by atomic mass is 10.1. The summed E-state index contributed by atoms with van der Waals surface area (Å²) in [5.41, 5.74) is 0.945. The van der Waals surface area contributed by atoms with Crippen molar-refractivity contribution in [3.63, 3.8) is 0 Å². The molecule has 2 aromatic carbocycles. The minimum absolute atomic E-state index is 0.0596. The average Bonchev–Trinajstić information content (AvgIpc) is 2.49. The number of rotatable bonds is 5. The maximum Gasteiger partial charge on any atom is 0.328 e. The minimum atomic E-state index is -1.11. The number of benzene rings is 2. The van der Waals surface area contributed by atoms with Crippen molar-refractivity contribution in [3.8, 4) is 11.5 Å². The van der Waals surface area contributed by atoms with E-state index in [4.69, 9.17) is 23.2 Å². The first-order valence-corrected chi connectivity index (χ1v) is 7.34. The third-order valence-corrected chi connectivity index (χ3v) is 3.61. The van der Waals surface area contributed by atoms with E-state index in [2.05, 4.69) is 4.99 Å². The van der Waals surface area contributed by atoms with Gasteiger partial charge in [-0.2, -0.15) is 0 Å². The van der Waals surface area contributed by atoms with Gasteiger partial charge in [0.1, 0.15) is 11.5 Å². The van der Waals surface area contributed by atoms with Gasteiger partial charge in [0.2, 0.25) is 0 Å². The van der Waals surface area contributed by atoms with Crippen LogP contribution in [0.3, 0.4) is 0 Å². The monoisotopic (exact) mass is 353 g/mol. The molecule has 5 nitrogen and oxygen atoms in total. The Bertz CT molecular complexity index is 744. The summed E-state index contributed by atoms with van der Waals surface area (Å²) >= 11 is 11.7. The van der Waals surface area contributed by atoms with Crippen LogP contribution in [0.15, 0.2) is 41.4 Å². The van der Waals surface area contributed by atoms with E-state index in [0.29, 0.717) is 10.6 Å². The Hall–Kier alpha value is -2.24. The minimum Gasteiger partial charge on any atom is -0.508 e. The summed E-state index contributed by atoms with van der Waals surface area (Å²) in [5, 5.41) is 28.7. The number of aliphatic carboxylic acids is 1. The number of carbonyl (C=O) groups is 1. The van der Waals surface area contributed by atoms with Crippen LogP contribution in [-0.4, -0.2) is 33.5 Å². The molecule has 0 spiro atoms. The van der Waals surface area contributed by atoms with Gasteiger partial charge in [-0.3, -0.25) is 4.99 Å². The molecule has 0 amide bonds. The molecule has 0 saturated carbocycles. The highest BCUT2D eigenvalue weighted by atomic mass is 35.5. The number of halogens is 2. The van der Waals surface area contributed by atoms with Gasteiger partial charge in [0.15, 0.2) is 6.04 Å². The number of nitrogens with zero attached hydrogens (tertiary/aromatic N) is 1. The van der Waals surface area contributed by atoms with Gasteiger partial charge in [-0.25, -0.2) is 4.79 Å². The second-order valence-electron chi connectivity index (χ2n) is 4.83. The topological polar surface area (TPSA) is 90.1 Å². The maximum absolute atomic E-state index is 11.3. The third kappa shape index (κ3) is 4.61. The molecule has 0 aliphatic heterocycles. The molecule has 0 aromatic heterocycles. The molecule has 23 heavy (non-hydrogen) atoms. The van der Waals surface area contributed by atoms with Gasteiger partial charge in [-0.05, 0) is 29.8 Å². The van der Waals surface area contributed by atoms with Crippen LogP contribution >= 0.6 is 23.2 Å². The molecule has 0 unspecified atom stereocenters. The van der Waals surface area contributed by atoms with Crippen LogP contribution in [0.1, 0.15) is 11.1 Å². The summed E-state index contributed by atoms with van der Waals surface area (Å²) in [6.45, 7) is 0. The number of phenolic OH excluding ortho intramolecular Hbond substituents is 2. The van der Waals surface area contributed by atoms with Crippen LogP contribution in [0.4, 0.5) is 0 Å². The van der Waals surface area contributed by atoms with Gasteiger partial charge in [-0.1, -0.05) is 35.3 Å².